The molecule has 0 saturated carbocycles. The van der Waals surface area contributed by atoms with Crippen LogP contribution >= 0.6 is 11.3 Å². The van der Waals surface area contributed by atoms with E-state index in [4.69, 9.17) is 0 Å². The van der Waals surface area contributed by atoms with Crippen LogP contribution in [0.25, 0.3) is 0 Å². The predicted octanol–water partition coefficient (Wildman–Crippen LogP) is 1.82. The molecule has 0 N–H and O–H groups in total. The number of piperazine rings is 1. The number of hydrogen-bond acceptors (Lipinski definition) is 6. The lowest BCUT2D eigenvalue weighted by Crippen LogP contribution is -2.46. The van der Waals surface area contributed by atoms with Crippen molar-refractivity contribution in [3.05, 3.63) is 34.5 Å². The van der Waals surface area contributed by atoms with Gasteiger partial charge in [0.15, 0.2) is 0 Å². The largest absolute Gasteiger partial charge is 0.338 e. The van der Waals surface area contributed by atoms with Gasteiger partial charge in [0.1, 0.15) is 0 Å². The lowest BCUT2D eigenvalue weighted by atomic mass is 10.3. The van der Waals surface area contributed by atoms with Crippen LogP contribution in [0.15, 0.2) is 23.8 Å². The van der Waals surface area contributed by atoms with Crippen molar-refractivity contribution in [2.24, 2.45) is 0 Å². The molecule has 2 aromatic heterocycles. The van der Waals surface area contributed by atoms with Crippen LogP contribution < -0.4 is 4.90 Å². The highest BCUT2D eigenvalue weighted by atomic mass is 32.1. The number of rotatable bonds is 4. The standard InChI is InChI=1S/C14H19N5S/c1-2-13-17-12(11-20-13)10-18-6-8-19(9-7-18)14-15-4-3-5-16-14/h3-5,11H,2,6-10H2,1H3. The average Bonchev–Trinajstić information content (AvgIpc) is 2.97. The van der Waals surface area contributed by atoms with Crippen LogP contribution in [0.5, 0.6) is 0 Å². The quantitative estimate of drug-likeness (QED) is 0.859. The maximum Gasteiger partial charge on any atom is 0.225 e. The van der Waals surface area contributed by atoms with E-state index in [0.29, 0.717) is 0 Å². The first-order chi connectivity index (χ1) is 9.85. The summed E-state index contributed by atoms with van der Waals surface area (Å²) >= 11 is 1.77. The molecule has 3 heterocycles. The van der Waals surface area contributed by atoms with Gasteiger partial charge in [-0.3, -0.25) is 4.90 Å². The van der Waals surface area contributed by atoms with E-state index >= 15 is 0 Å². The average molecular weight is 289 g/mol. The highest BCUT2D eigenvalue weighted by Gasteiger charge is 2.19. The summed E-state index contributed by atoms with van der Waals surface area (Å²) in [6, 6.07) is 1.85. The summed E-state index contributed by atoms with van der Waals surface area (Å²) in [7, 11) is 0. The van der Waals surface area contributed by atoms with Crippen molar-refractivity contribution >= 4 is 17.3 Å². The fourth-order valence-electron chi connectivity index (χ4n) is 2.37. The molecule has 106 valence electrons. The van der Waals surface area contributed by atoms with Gasteiger partial charge in [-0.05, 0) is 12.5 Å². The zero-order valence-corrected chi connectivity index (χ0v) is 12.5. The summed E-state index contributed by atoms with van der Waals surface area (Å²) in [5, 5.41) is 3.42. The summed E-state index contributed by atoms with van der Waals surface area (Å²) < 4.78 is 0. The minimum Gasteiger partial charge on any atom is -0.338 e. The first-order valence-corrected chi connectivity index (χ1v) is 7.90. The van der Waals surface area contributed by atoms with Gasteiger partial charge in [0.05, 0.1) is 10.7 Å². The second-order valence-corrected chi connectivity index (χ2v) is 5.84. The van der Waals surface area contributed by atoms with Crippen LogP contribution in [-0.4, -0.2) is 46.0 Å². The smallest absolute Gasteiger partial charge is 0.225 e. The highest BCUT2D eigenvalue weighted by Crippen LogP contribution is 2.15. The van der Waals surface area contributed by atoms with Crippen LogP contribution in [0.3, 0.4) is 0 Å². The number of hydrogen-bond donors (Lipinski definition) is 0. The molecule has 0 radical (unpaired) electrons. The van der Waals surface area contributed by atoms with Gasteiger partial charge in [-0.2, -0.15) is 0 Å². The van der Waals surface area contributed by atoms with Gasteiger partial charge in [0, 0.05) is 50.5 Å². The fraction of sp³-hybridized carbons (Fsp3) is 0.500. The minimum atomic E-state index is 0.842. The monoisotopic (exact) mass is 289 g/mol. The Morgan fingerprint density at radius 2 is 1.90 bits per heavy atom. The Labute approximate surface area is 123 Å². The molecule has 5 nitrogen and oxygen atoms in total. The molecule has 1 aliphatic rings. The van der Waals surface area contributed by atoms with E-state index in [0.717, 1.165) is 45.1 Å². The molecule has 6 heteroatoms. The maximum atomic E-state index is 4.64. The number of aromatic nitrogens is 3. The van der Waals surface area contributed by atoms with Crippen LogP contribution in [0.2, 0.25) is 0 Å². The van der Waals surface area contributed by atoms with Crippen molar-refractivity contribution in [3.8, 4) is 0 Å². The van der Waals surface area contributed by atoms with Gasteiger partial charge >= 0.3 is 0 Å². The zero-order valence-electron chi connectivity index (χ0n) is 11.7. The summed E-state index contributed by atoms with van der Waals surface area (Å²) in [4.78, 5) is 18.0. The molecule has 0 spiro atoms. The first-order valence-electron chi connectivity index (χ1n) is 7.02. The summed E-state index contributed by atoms with van der Waals surface area (Å²) in [5.41, 5.74) is 1.20. The van der Waals surface area contributed by atoms with E-state index in [1.54, 1.807) is 23.7 Å². The van der Waals surface area contributed by atoms with Crippen LogP contribution in [-0.2, 0) is 13.0 Å². The molecular weight excluding hydrogens is 270 g/mol. The molecular formula is C14H19N5S. The van der Waals surface area contributed by atoms with E-state index < -0.39 is 0 Å². The lowest BCUT2D eigenvalue weighted by molar-refractivity contribution is 0.246. The molecule has 0 aromatic carbocycles. The van der Waals surface area contributed by atoms with Crippen LogP contribution in [0, 0.1) is 0 Å². The van der Waals surface area contributed by atoms with Gasteiger partial charge in [0.2, 0.25) is 5.95 Å². The third-order valence-electron chi connectivity index (χ3n) is 3.49. The highest BCUT2D eigenvalue weighted by molar-refractivity contribution is 7.09. The Hall–Kier alpha value is -1.53. The number of anilines is 1. The summed E-state index contributed by atoms with van der Waals surface area (Å²) in [6.45, 7) is 7.15. The number of thiazole rings is 1. The second-order valence-electron chi connectivity index (χ2n) is 4.90. The third-order valence-corrected chi connectivity index (χ3v) is 4.54. The fourth-order valence-corrected chi connectivity index (χ4v) is 3.11. The SMILES string of the molecule is CCc1nc(CN2CCN(c3ncccn3)CC2)cs1. The van der Waals surface area contributed by atoms with Gasteiger partial charge in [-0.25, -0.2) is 15.0 Å². The first kappa shape index (κ1) is 13.5. The Bertz CT molecular complexity index is 534. The van der Waals surface area contributed by atoms with Crippen molar-refractivity contribution in [1.29, 1.82) is 0 Å². The molecule has 3 rings (SSSR count). The van der Waals surface area contributed by atoms with Crippen molar-refractivity contribution < 1.29 is 0 Å². The molecule has 0 atom stereocenters. The molecule has 2 aromatic rings. The molecule has 0 unspecified atom stereocenters. The van der Waals surface area contributed by atoms with Crippen molar-refractivity contribution in [2.45, 2.75) is 19.9 Å². The van der Waals surface area contributed by atoms with Crippen LogP contribution in [0.1, 0.15) is 17.6 Å². The zero-order chi connectivity index (χ0) is 13.8. The second kappa shape index (κ2) is 6.28. The topological polar surface area (TPSA) is 45.2 Å². The third kappa shape index (κ3) is 3.13. The predicted molar refractivity (Wildman–Crippen MR) is 81.0 cm³/mol. The molecule has 1 saturated heterocycles. The minimum absolute atomic E-state index is 0.842. The van der Waals surface area contributed by atoms with E-state index in [1.165, 1.54) is 10.7 Å². The molecule has 1 fully saturated rings. The summed E-state index contributed by atoms with van der Waals surface area (Å²) in [6.07, 6.45) is 4.64. The van der Waals surface area contributed by atoms with E-state index in [1.807, 2.05) is 6.07 Å². The number of nitrogens with zero attached hydrogens (tertiary/aromatic N) is 5. The van der Waals surface area contributed by atoms with Gasteiger partial charge in [0.25, 0.3) is 0 Å². The molecule has 0 amide bonds. The Balaban J connectivity index is 1.53. The normalized spacial score (nSPS) is 16.6. The Kier molecular flexibility index (Phi) is 4.22. The summed E-state index contributed by atoms with van der Waals surface area (Å²) in [5.74, 6) is 0.842. The van der Waals surface area contributed by atoms with Crippen molar-refractivity contribution in [3.63, 3.8) is 0 Å². The number of aryl methyl sites for hydroxylation is 1. The molecule has 0 bridgehead atoms. The maximum absolute atomic E-state index is 4.64. The molecule has 1 aliphatic heterocycles. The van der Waals surface area contributed by atoms with E-state index in [2.05, 4.69) is 37.1 Å². The van der Waals surface area contributed by atoms with E-state index in [9.17, 15) is 0 Å². The van der Waals surface area contributed by atoms with Gasteiger partial charge in [-0.1, -0.05) is 6.92 Å². The van der Waals surface area contributed by atoms with E-state index in [-0.39, 0.29) is 0 Å². The Morgan fingerprint density at radius 1 is 1.15 bits per heavy atom. The molecule has 20 heavy (non-hydrogen) atoms. The van der Waals surface area contributed by atoms with Crippen LogP contribution in [0.4, 0.5) is 5.95 Å². The lowest BCUT2D eigenvalue weighted by Gasteiger charge is -2.34. The molecule has 0 aliphatic carbocycles. The van der Waals surface area contributed by atoms with Crippen molar-refractivity contribution in [1.82, 2.24) is 19.9 Å². The van der Waals surface area contributed by atoms with Gasteiger partial charge in [-0.15, -0.1) is 11.3 Å². The van der Waals surface area contributed by atoms with Gasteiger partial charge < -0.3 is 4.90 Å². The van der Waals surface area contributed by atoms with Crippen molar-refractivity contribution in [2.75, 3.05) is 31.1 Å². The Morgan fingerprint density at radius 3 is 2.55 bits per heavy atom.